The molecule has 2 heterocycles. The lowest BCUT2D eigenvalue weighted by Gasteiger charge is -2.11. The largest absolute Gasteiger partial charge is 0.436 e. The van der Waals surface area contributed by atoms with Gasteiger partial charge in [0, 0.05) is 0 Å². The van der Waals surface area contributed by atoms with Crippen LogP contribution in [-0.4, -0.2) is 20.2 Å². The van der Waals surface area contributed by atoms with E-state index >= 15 is 0 Å². The zero-order chi connectivity index (χ0) is 18.2. The molecule has 3 rings (SSSR count). The molecule has 1 aromatic carbocycles. The van der Waals surface area contributed by atoms with Gasteiger partial charge in [-0.15, -0.1) is 10.2 Å². The van der Waals surface area contributed by atoms with Crippen LogP contribution in [-0.2, 0) is 6.18 Å². The number of aryl methyl sites for hydroxylation is 1. The number of alkyl halides is 3. The molecule has 0 spiro atoms. The predicted octanol–water partition coefficient (Wildman–Crippen LogP) is 3.70. The van der Waals surface area contributed by atoms with Crippen LogP contribution in [0.3, 0.4) is 0 Å². The van der Waals surface area contributed by atoms with E-state index in [0.29, 0.717) is 21.1 Å². The van der Waals surface area contributed by atoms with Crippen molar-refractivity contribution in [1.82, 2.24) is 20.2 Å². The van der Waals surface area contributed by atoms with Crippen LogP contribution >= 0.6 is 23.1 Å². The monoisotopic (exact) mass is 378 g/mol. The molecule has 0 saturated carbocycles. The third kappa shape index (κ3) is 3.38. The van der Waals surface area contributed by atoms with E-state index < -0.39 is 11.9 Å². The lowest BCUT2D eigenvalue weighted by molar-refractivity contribution is -0.143. The first-order valence-corrected chi connectivity index (χ1v) is 8.16. The van der Waals surface area contributed by atoms with Crippen LogP contribution in [0.2, 0.25) is 0 Å². The Bertz CT molecular complexity index is 1060. The molecule has 0 fully saturated rings. The minimum absolute atomic E-state index is 0.0202. The molecular formula is C14H5F3N6S2. The zero-order valence-corrected chi connectivity index (χ0v) is 13.9. The van der Waals surface area contributed by atoms with Gasteiger partial charge in [-0.25, -0.2) is 9.97 Å². The SMILES string of the molecule is Cc1nnc(Sc2nc3cc(C#N)c(C#N)cc3nc2C(F)(F)F)s1. The van der Waals surface area contributed by atoms with Gasteiger partial charge < -0.3 is 0 Å². The third-order valence-corrected chi connectivity index (χ3v) is 4.84. The van der Waals surface area contributed by atoms with Crippen molar-refractivity contribution in [3.8, 4) is 12.1 Å². The summed E-state index contributed by atoms with van der Waals surface area (Å²) in [5.41, 5.74) is -1.23. The van der Waals surface area contributed by atoms with Crippen LogP contribution in [0.4, 0.5) is 13.2 Å². The van der Waals surface area contributed by atoms with Gasteiger partial charge in [-0.05, 0) is 30.8 Å². The number of hydrogen-bond donors (Lipinski definition) is 0. The molecule has 25 heavy (non-hydrogen) atoms. The molecule has 0 aliphatic rings. The number of rotatable bonds is 2. The lowest BCUT2D eigenvalue weighted by Crippen LogP contribution is -2.11. The fourth-order valence-corrected chi connectivity index (χ4v) is 3.76. The molecule has 124 valence electrons. The van der Waals surface area contributed by atoms with Crippen molar-refractivity contribution in [2.45, 2.75) is 22.5 Å². The summed E-state index contributed by atoms with van der Waals surface area (Å²) in [5.74, 6) is 0. The molecule has 0 radical (unpaired) electrons. The summed E-state index contributed by atoms with van der Waals surface area (Å²) in [6, 6.07) is 5.95. The van der Waals surface area contributed by atoms with Crippen LogP contribution in [0.15, 0.2) is 21.5 Å². The maximum absolute atomic E-state index is 13.3. The highest BCUT2D eigenvalue weighted by atomic mass is 32.2. The Morgan fingerprint density at radius 2 is 1.64 bits per heavy atom. The van der Waals surface area contributed by atoms with E-state index in [0.717, 1.165) is 17.4 Å². The van der Waals surface area contributed by atoms with Gasteiger partial charge in [0.1, 0.15) is 22.2 Å². The van der Waals surface area contributed by atoms with Crippen molar-refractivity contribution in [1.29, 1.82) is 10.5 Å². The Morgan fingerprint density at radius 1 is 1.04 bits per heavy atom. The standard InChI is InChI=1S/C14H5F3N6S2/c1-6-22-23-13(24-6)25-12-11(14(15,16)17)20-9-2-7(4-18)8(5-19)3-10(9)21-12/h2-3H,1H3. The Balaban J connectivity index is 2.23. The Hall–Kier alpha value is -2.76. The molecule has 2 aromatic heterocycles. The van der Waals surface area contributed by atoms with Gasteiger partial charge in [-0.2, -0.15) is 23.7 Å². The Kier molecular flexibility index (Phi) is 4.29. The Labute approximate surface area is 147 Å². The number of hydrogen-bond acceptors (Lipinski definition) is 8. The van der Waals surface area contributed by atoms with E-state index in [1.54, 1.807) is 13.0 Å². The maximum Gasteiger partial charge on any atom is 0.436 e. The van der Waals surface area contributed by atoms with Crippen molar-refractivity contribution in [2.24, 2.45) is 0 Å². The van der Waals surface area contributed by atoms with Crippen molar-refractivity contribution < 1.29 is 13.2 Å². The number of nitrogens with zero attached hydrogens (tertiary/aromatic N) is 6. The van der Waals surface area contributed by atoms with E-state index in [9.17, 15) is 13.2 Å². The molecule has 0 unspecified atom stereocenters. The van der Waals surface area contributed by atoms with Gasteiger partial charge >= 0.3 is 6.18 Å². The normalized spacial score (nSPS) is 11.3. The summed E-state index contributed by atoms with van der Waals surface area (Å²) in [7, 11) is 0. The second kappa shape index (κ2) is 6.27. The molecule has 0 N–H and O–H groups in total. The van der Waals surface area contributed by atoms with E-state index in [4.69, 9.17) is 10.5 Å². The third-order valence-electron chi connectivity index (χ3n) is 2.97. The molecule has 6 nitrogen and oxygen atoms in total. The first kappa shape index (κ1) is 17.1. The first-order chi connectivity index (χ1) is 11.8. The van der Waals surface area contributed by atoms with Gasteiger partial charge in [0.2, 0.25) is 0 Å². The molecule has 0 aliphatic carbocycles. The summed E-state index contributed by atoms with van der Waals surface area (Å²) >= 11 is 1.83. The number of benzene rings is 1. The van der Waals surface area contributed by atoms with Gasteiger partial charge in [0.15, 0.2) is 10.0 Å². The molecule has 0 bridgehead atoms. The predicted molar refractivity (Wildman–Crippen MR) is 82.7 cm³/mol. The summed E-state index contributed by atoms with van der Waals surface area (Å²) in [4.78, 5) is 7.61. The van der Waals surface area contributed by atoms with Gasteiger partial charge in [0.05, 0.1) is 22.2 Å². The summed E-state index contributed by atoms with van der Waals surface area (Å²) in [6.45, 7) is 1.68. The van der Waals surface area contributed by atoms with Crippen LogP contribution < -0.4 is 0 Å². The van der Waals surface area contributed by atoms with E-state index in [1.165, 1.54) is 6.07 Å². The van der Waals surface area contributed by atoms with E-state index in [-0.39, 0.29) is 27.2 Å². The van der Waals surface area contributed by atoms with Crippen LogP contribution in [0, 0.1) is 29.6 Å². The summed E-state index contributed by atoms with van der Waals surface area (Å²) in [6.07, 6.45) is -4.73. The quantitative estimate of drug-likeness (QED) is 0.670. The maximum atomic E-state index is 13.3. The highest BCUT2D eigenvalue weighted by Crippen LogP contribution is 2.39. The van der Waals surface area contributed by atoms with E-state index in [1.807, 2.05) is 6.07 Å². The number of nitriles is 2. The van der Waals surface area contributed by atoms with Crippen LogP contribution in [0.5, 0.6) is 0 Å². The average molecular weight is 378 g/mol. The highest BCUT2D eigenvalue weighted by molar-refractivity contribution is 8.01. The second-order valence-electron chi connectivity index (χ2n) is 4.67. The topological polar surface area (TPSA) is 99.1 Å². The van der Waals surface area contributed by atoms with Crippen molar-refractivity contribution >= 4 is 34.1 Å². The lowest BCUT2D eigenvalue weighted by atomic mass is 10.1. The summed E-state index contributed by atoms with van der Waals surface area (Å²) in [5, 5.41) is 25.8. The molecule has 3 aromatic rings. The average Bonchev–Trinajstić information content (AvgIpc) is 2.96. The van der Waals surface area contributed by atoms with Crippen molar-refractivity contribution in [3.05, 3.63) is 34.0 Å². The van der Waals surface area contributed by atoms with Crippen LogP contribution in [0.1, 0.15) is 21.8 Å². The zero-order valence-electron chi connectivity index (χ0n) is 12.3. The van der Waals surface area contributed by atoms with Crippen molar-refractivity contribution in [2.75, 3.05) is 0 Å². The fourth-order valence-electron chi connectivity index (χ4n) is 1.93. The summed E-state index contributed by atoms with van der Waals surface area (Å²) < 4.78 is 40.3. The number of aromatic nitrogens is 4. The number of halogens is 3. The molecule has 11 heteroatoms. The molecule has 0 saturated heterocycles. The molecule has 0 aliphatic heterocycles. The molecular weight excluding hydrogens is 373 g/mol. The minimum Gasteiger partial charge on any atom is -0.239 e. The smallest absolute Gasteiger partial charge is 0.239 e. The first-order valence-electron chi connectivity index (χ1n) is 6.53. The fraction of sp³-hybridized carbons (Fsp3) is 0.143. The van der Waals surface area contributed by atoms with Gasteiger partial charge in [0.25, 0.3) is 0 Å². The minimum atomic E-state index is -4.73. The van der Waals surface area contributed by atoms with Gasteiger partial charge in [-0.1, -0.05) is 11.3 Å². The van der Waals surface area contributed by atoms with Crippen molar-refractivity contribution in [3.63, 3.8) is 0 Å². The van der Waals surface area contributed by atoms with Crippen LogP contribution in [0.25, 0.3) is 11.0 Å². The van der Waals surface area contributed by atoms with Gasteiger partial charge in [-0.3, -0.25) is 0 Å². The second-order valence-corrected chi connectivity index (χ2v) is 7.09. The Morgan fingerprint density at radius 3 is 2.12 bits per heavy atom. The molecule has 0 amide bonds. The molecule has 0 atom stereocenters. The van der Waals surface area contributed by atoms with E-state index in [2.05, 4.69) is 20.2 Å². The number of fused-ring (bicyclic) bond motifs is 1. The highest BCUT2D eigenvalue weighted by Gasteiger charge is 2.37.